The number of hydrogen-bond donors (Lipinski definition) is 1. The number of thiophene rings is 1. The van der Waals surface area contributed by atoms with Crippen LogP contribution in [0.25, 0.3) is 10.7 Å². The second-order valence-electron chi connectivity index (χ2n) is 4.45. The van der Waals surface area contributed by atoms with Crippen LogP contribution in [0.2, 0.25) is 0 Å². The Kier molecular flexibility index (Phi) is 3.29. The summed E-state index contributed by atoms with van der Waals surface area (Å²) in [5.74, 6) is 1.93. The maximum atomic E-state index is 4.35. The molecule has 0 atom stereocenters. The van der Waals surface area contributed by atoms with E-state index < -0.39 is 0 Å². The molecule has 1 fully saturated rings. The van der Waals surface area contributed by atoms with Gasteiger partial charge in [0.15, 0.2) is 5.82 Å². The minimum atomic E-state index is 0.956. The van der Waals surface area contributed by atoms with Gasteiger partial charge in [-0.25, -0.2) is 0 Å². The molecule has 5 nitrogen and oxygen atoms in total. The Balaban J connectivity index is 1.89. The number of rotatable bonds is 2. The van der Waals surface area contributed by atoms with Crippen LogP contribution in [0.15, 0.2) is 17.5 Å². The highest BCUT2D eigenvalue weighted by Crippen LogP contribution is 2.25. The lowest BCUT2D eigenvalue weighted by Crippen LogP contribution is -2.30. The molecule has 1 aliphatic heterocycles. The lowest BCUT2D eigenvalue weighted by Gasteiger charge is -2.20. The van der Waals surface area contributed by atoms with Crippen LogP contribution in [-0.4, -0.2) is 40.9 Å². The molecule has 3 heterocycles. The first-order valence-electron chi connectivity index (χ1n) is 6.25. The highest BCUT2D eigenvalue weighted by atomic mass is 32.1. The van der Waals surface area contributed by atoms with E-state index in [1.807, 2.05) is 13.1 Å². The van der Waals surface area contributed by atoms with E-state index in [9.17, 15) is 0 Å². The molecule has 0 unspecified atom stereocenters. The van der Waals surface area contributed by atoms with Gasteiger partial charge in [-0.2, -0.15) is 0 Å². The monoisotopic (exact) mass is 263 g/mol. The topological polar surface area (TPSA) is 46.0 Å². The summed E-state index contributed by atoms with van der Waals surface area (Å²) >= 11 is 1.70. The van der Waals surface area contributed by atoms with Crippen LogP contribution in [0.1, 0.15) is 6.42 Å². The van der Waals surface area contributed by atoms with Crippen LogP contribution in [0.4, 0.5) is 5.95 Å². The second-order valence-corrected chi connectivity index (χ2v) is 5.40. The van der Waals surface area contributed by atoms with E-state index in [-0.39, 0.29) is 0 Å². The number of nitrogens with one attached hydrogen (secondary N) is 1. The van der Waals surface area contributed by atoms with Crippen LogP contribution in [0, 0.1) is 0 Å². The average molecular weight is 263 g/mol. The quantitative estimate of drug-likeness (QED) is 0.888. The molecule has 96 valence electrons. The third-order valence-electron chi connectivity index (χ3n) is 3.22. The summed E-state index contributed by atoms with van der Waals surface area (Å²) in [6.45, 7) is 4.15. The van der Waals surface area contributed by atoms with Gasteiger partial charge in [0.1, 0.15) is 0 Å². The van der Waals surface area contributed by atoms with Crippen LogP contribution in [0.5, 0.6) is 0 Å². The van der Waals surface area contributed by atoms with Gasteiger partial charge in [-0.3, -0.25) is 4.57 Å². The predicted molar refractivity (Wildman–Crippen MR) is 74.0 cm³/mol. The van der Waals surface area contributed by atoms with E-state index in [0.717, 1.165) is 44.4 Å². The molecule has 1 saturated heterocycles. The van der Waals surface area contributed by atoms with E-state index in [2.05, 4.69) is 36.4 Å². The summed E-state index contributed by atoms with van der Waals surface area (Å²) in [5, 5.41) is 14.2. The van der Waals surface area contributed by atoms with Gasteiger partial charge < -0.3 is 10.2 Å². The van der Waals surface area contributed by atoms with Crippen molar-refractivity contribution in [3.63, 3.8) is 0 Å². The largest absolute Gasteiger partial charge is 0.340 e. The molecule has 2 aromatic rings. The summed E-state index contributed by atoms with van der Waals surface area (Å²) in [5.41, 5.74) is 0. The van der Waals surface area contributed by atoms with Crippen molar-refractivity contribution in [2.75, 3.05) is 31.1 Å². The van der Waals surface area contributed by atoms with Crippen LogP contribution >= 0.6 is 11.3 Å². The average Bonchev–Trinajstić information content (AvgIpc) is 2.93. The molecule has 6 heteroatoms. The van der Waals surface area contributed by atoms with Gasteiger partial charge in [0.2, 0.25) is 5.95 Å². The second kappa shape index (κ2) is 5.07. The Bertz CT molecular complexity index is 497. The van der Waals surface area contributed by atoms with Gasteiger partial charge >= 0.3 is 0 Å². The molecule has 0 aliphatic carbocycles. The molecule has 0 bridgehead atoms. The Morgan fingerprint density at radius 3 is 3.06 bits per heavy atom. The van der Waals surface area contributed by atoms with Crippen LogP contribution in [-0.2, 0) is 7.05 Å². The van der Waals surface area contributed by atoms with Gasteiger partial charge in [0, 0.05) is 26.7 Å². The number of aromatic nitrogens is 3. The smallest absolute Gasteiger partial charge is 0.227 e. The summed E-state index contributed by atoms with van der Waals surface area (Å²) in [6, 6.07) is 4.13. The third kappa shape index (κ3) is 2.13. The van der Waals surface area contributed by atoms with Crippen molar-refractivity contribution < 1.29 is 0 Å². The first kappa shape index (κ1) is 11.7. The van der Waals surface area contributed by atoms with Crippen LogP contribution in [0.3, 0.4) is 0 Å². The molecule has 0 spiro atoms. The first-order chi connectivity index (χ1) is 8.86. The number of anilines is 1. The zero-order valence-corrected chi connectivity index (χ0v) is 11.3. The van der Waals surface area contributed by atoms with E-state index in [1.165, 1.54) is 4.88 Å². The molecular formula is C12H17N5S. The summed E-state index contributed by atoms with van der Waals surface area (Å²) < 4.78 is 2.09. The Labute approximate surface area is 110 Å². The molecule has 0 radical (unpaired) electrons. The van der Waals surface area contributed by atoms with Gasteiger partial charge in [-0.15, -0.1) is 21.5 Å². The fraction of sp³-hybridized carbons (Fsp3) is 0.500. The van der Waals surface area contributed by atoms with Crippen molar-refractivity contribution in [3.8, 4) is 10.7 Å². The molecule has 2 aromatic heterocycles. The molecule has 0 saturated carbocycles. The van der Waals surface area contributed by atoms with Gasteiger partial charge in [0.25, 0.3) is 0 Å². The van der Waals surface area contributed by atoms with Gasteiger partial charge in [-0.1, -0.05) is 6.07 Å². The lowest BCUT2D eigenvalue weighted by atomic mass is 10.4. The molecule has 18 heavy (non-hydrogen) atoms. The Morgan fingerprint density at radius 2 is 2.22 bits per heavy atom. The van der Waals surface area contributed by atoms with E-state index in [0.29, 0.717) is 0 Å². The molecule has 0 amide bonds. The summed E-state index contributed by atoms with van der Waals surface area (Å²) in [6.07, 6.45) is 1.15. The van der Waals surface area contributed by atoms with E-state index in [4.69, 9.17) is 0 Å². The van der Waals surface area contributed by atoms with Crippen LogP contribution < -0.4 is 10.2 Å². The van der Waals surface area contributed by atoms with Crippen molar-refractivity contribution in [1.82, 2.24) is 20.1 Å². The summed E-state index contributed by atoms with van der Waals surface area (Å²) in [4.78, 5) is 3.48. The standard InChI is InChI=1S/C12H17N5S/c1-16-11(10-4-2-9-18-10)14-15-12(16)17-7-3-5-13-6-8-17/h2,4,9,13H,3,5-8H2,1H3. The Morgan fingerprint density at radius 1 is 1.28 bits per heavy atom. The van der Waals surface area contributed by atoms with Gasteiger partial charge in [0.05, 0.1) is 4.88 Å². The highest BCUT2D eigenvalue weighted by Gasteiger charge is 2.18. The number of nitrogens with zero attached hydrogens (tertiary/aromatic N) is 4. The minimum Gasteiger partial charge on any atom is -0.340 e. The van der Waals surface area contributed by atoms with Gasteiger partial charge in [-0.05, 0) is 24.4 Å². The van der Waals surface area contributed by atoms with Crippen molar-refractivity contribution >= 4 is 17.3 Å². The first-order valence-corrected chi connectivity index (χ1v) is 7.13. The SMILES string of the molecule is Cn1c(-c2cccs2)nnc1N1CCCNCC1. The maximum absolute atomic E-state index is 4.35. The molecule has 0 aromatic carbocycles. The molecule has 1 N–H and O–H groups in total. The maximum Gasteiger partial charge on any atom is 0.227 e. The van der Waals surface area contributed by atoms with Crippen molar-refractivity contribution in [3.05, 3.63) is 17.5 Å². The fourth-order valence-corrected chi connectivity index (χ4v) is 3.01. The van der Waals surface area contributed by atoms with E-state index in [1.54, 1.807) is 11.3 Å². The molecule has 1 aliphatic rings. The fourth-order valence-electron chi connectivity index (χ4n) is 2.26. The van der Waals surface area contributed by atoms with Crippen molar-refractivity contribution in [2.45, 2.75) is 6.42 Å². The molecule has 3 rings (SSSR count). The lowest BCUT2D eigenvalue weighted by molar-refractivity contribution is 0.724. The predicted octanol–water partition coefficient (Wildman–Crippen LogP) is 1.34. The Hall–Kier alpha value is -1.40. The van der Waals surface area contributed by atoms with Crippen molar-refractivity contribution in [1.29, 1.82) is 0 Å². The minimum absolute atomic E-state index is 0.956. The zero-order valence-electron chi connectivity index (χ0n) is 10.5. The summed E-state index contributed by atoms with van der Waals surface area (Å²) in [7, 11) is 2.04. The number of hydrogen-bond acceptors (Lipinski definition) is 5. The van der Waals surface area contributed by atoms with E-state index >= 15 is 0 Å². The zero-order chi connectivity index (χ0) is 12.4. The molecular weight excluding hydrogens is 246 g/mol. The highest BCUT2D eigenvalue weighted by molar-refractivity contribution is 7.13. The third-order valence-corrected chi connectivity index (χ3v) is 4.08. The van der Waals surface area contributed by atoms with Crippen molar-refractivity contribution in [2.24, 2.45) is 7.05 Å². The normalized spacial score (nSPS) is 16.8.